The molecule has 1 saturated heterocycles. The molecule has 1 saturated carbocycles. The molecule has 2 N–H and O–H groups in total. The number of carbonyl (C=O) groups excluding carboxylic acids is 1. The number of halogens is 1. The molecule has 1 aliphatic heterocycles. The van der Waals surface area contributed by atoms with Gasteiger partial charge in [0.15, 0.2) is 0 Å². The summed E-state index contributed by atoms with van der Waals surface area (Å²) in [6.07, 6.45) is 21.3. The lowest BCUT2D eigenvalue weighted by Crippen LogP contribution is -2.41. The summed E-state index contributed by atoms with van der Waals surface area (Å²) in [5.74, 6) is 1.83. The summed E-state index contributed by atoms with van der Waals surface area (Å²) in [5, 5.41) is 0.753. The van der Waals surface area contributed by atoms with E-state index in [1.54, 1.807) is 6.20 Å². The van der Waals surface area contributed by atoms with Crippen molar-refractivity contribution in [1.82, 2.24) is 14.5 Å². The van der Waals surface area contributed by atoms with E-state index in [0.29, 0.717) is 11.8 Å². The number of hydrogen-bond donors (Lipinski definition) is 1. The number of carbonyl (C=O) groups is 1. The number of nitrogens with zero attached hydrogens (tertiary/aromatic N) is 3. The fraction of sp³-hybridized carbons (Fsp3) is 0.500. The molecule has 7 heteroatoms. The average Bonchev–Trinajstić information content (AvgIpc) is 3.29. The van der Waals surface area contributed by atoms with Crippen molar-refractivity contribution in [3.63, 3.8) is 0 Å². The number of aromatic nitrogens is 2. The Bertz CT molecular complexity index is 1230. The Morgan fingerprint density at radius 2 is 1.97 bits per heavy atom. The molecule has 6 nitrogen and oxygen atoms in total. The molecule has 39 heavy (non-hydrogen) atoms. The zero-order valence-corrected chi connectivity index (χ0v) is 23.8. The second-order valence-electron chi connectivity index (χ2n) is 11.2. The Morgan fingerprint density at radius 1 is 1.18 bits per heavy atom. The molecular weight excluding hydrogens is 508 g/mol. The molecule has 2 aromatic rings. The molecule has 1 unspecified atom stereocenters. The molecule has 2 fully saturated rings. The minimum Gasteiger partial charge on any atom is -0.446 e. The highest BCUT2D eigenvalue weighted by Crippen LogP contribution is 2.44. The smallest absolute Gasteiger partial charge is 0.410 e. The van der Waals surface area contributed by atoms with Gasteiger partial charge >= 0.3 is 6.09 Å². The van der Waals surface area contributed by atoms with Gasteiger partial charge in [0.05, 0.1) is 0 Å². The van der Waals surface area contributed by atoms with Crippen LogP contribution in [0.2, 0.25) is 5.02 Å². The van der Waals surface area contributed by atoms with E-state index >= 15 is 0 Å². The Balaban J connectivity index is 1.34. The van der Waals surface area contributed by atoms with Crippen LogP contribution in [-0.2, 0) is 11.3 Å². The predicted molar refractivity (Wildman–Crippen MR) is 157 cm³/mol. The Morgan fingerprint density at radius 3 is 2.69 bits per heavy atom. The van der Waals surface area contributed by atoms with Crippen LogP contribution in [0.5, 0.6) is 0 Å². The highest BCUT2D eigenvalue weighted by molar-refractivity contribution is 6.30. The van der Waals surface area contributed by atoms with Crippen molar-refractivity contribution >= 4 is 23.8 Å². The first kappa shape index (κ1) is 27.6. The van der Waals surface area contributed by atoms with Crippen molar-refractivity contribution in [2.45, 2.75) is 83.3 Å². The van der Waals surface area contributed by atoms with Crippen LogP contribution < -0.4 is 5.73 Å². The van der Waals surface area contributed by atoms with E-state index in [2.05, 4.69) is 33.8 Å². The number of rotatable bonds is 6. The molecule has 1 amide bonds. The molecule has 1 aromatic heterocycles. The number of nitrogens with two attached hydrogens (primary N) is 1. The third-order valence-electron chi connectivity index (χ3n) is 8.77. The van der Waals surface area contributed by atoms with Gasteiger partial charge in [-0.15, -0.1) is 0 Å². The summed E-state index contributed by atoms with van der Waals surface area (Å²) in [6.45, 7) is 4.40. The molecule has 1 aromatic carbocycles. The maximum Gasteiger partial charge on any atom is 0.410 e. The number of benzene rings is 1. The third-order valence-corrected chi connectivity index (χ3v) is 9.01. The van der Waals surface area contributed by atoms with Gasteiger partial charge in [0.2, 0.25) is 0 Å². The molecule has 0 bridgehead atoms. The standard InChI is InChI=1S/C32H41ClN4O2/c1-23-35-15-19-36(23)16-13-26-20-27-21-28(33)9-10-30(27)31(22-25(26)6-5-14-34)24-11-17-37(18-12-24)32(38)39-29-7-3-2-4-8-29/h5-6,9-10,14-15,19-21,24,29,31H,2-4,7-8,11-13,16-18,22,34H2,1H3/b14-5-,25-6+. The van der Waals surface area contributed by atoms with E-state index in [1.165, 1.54) is 28.7 Å². The molecule has 208 valence electrons. The van der Waals surface area contributed by atoms with Gasteiger partial charge in [0, 0.05) is 37.1 Å². The zero-order valence-electron chi connectivity index (χ0n) is 23.0. The van der Waals surface area contributed by atoms with Crippen LogP contribution >= 0.6 is 11.6 Å². The quantitative estimate of drug-likeness (QED) is 0.408. The normalized spacial score (nSPS) is 22.1. The molecule has 5 rings (SSSR count). The van der Waals surface area contributed by atoms with E-state index in [1.807, 2.05) is 36.4 Å². The second-order valence-corrected chi connectivity index (χ2v) is 11.7. The Hall–Kier alpha value is -2.99. The highest BCUT2D eigenvalue weighted by Gasteiger charge is 2.33. The minimum absolute atomic E-state index is 0.0985. The molecular formula is C32H41ClN4O2. The lowest BCUT2D eigenvalue weighted by Gasteiger charge is -2.37. The monoisotopic (exact) mass is 548 g/mol. The van der Waals surface area contributed by atoms with E-state index < -0.39 is 0 Å². The van der Waals surface area contributed by atoms with Gasteiger partial charge in [0.1, 0.15) is 11.9 Å². The zero-order chi connectivity index (χ0) is 27.2. The van der Waals surface area contributed by atoms with E-state index in [-0.39, 0.29) is 12.2 Å². The SMILES string of the molecule is Cc1nccn1CCC1=Cc2cc(Cl)ccc2C(C2CCN(C(=O)OC3CCCCC3)CC2)C/C1=C\C=C/N. The molecule has 3 aliphatic rings. The number of hydrogen-bond acceptors (Lipinski definition) is 4. The number of ether oxygens (including phenoxy) is 1. The summed E-state index contributed by atoms with van der Waals surface area (Å²) in [4.78, 5) is 19.2. The number of fused-ring (bicyclic) bond motifs is 1. The van der Waals surface area contributed by atoms with Gasteiger partial charge in [-0.05, 0) is 117 Å². The summed E-state index contributed by atoms with van der Waals surface area (Å²) in [7, 11) is 0. The average molecular weight is 549 g/mol. The van der Waals surface area contributed by atoms with Crippen LogP contribution in [-0.4, -0.2) is 39.7 Å². The minimum atomic E-state index is -0.124. The Labute approximate surface area is 237 Å². The lowest BCUT2D eigenvalue weighted by molar-refractivity contribution is 0.0366. The van der Waals surface area contributed by atoms with E-state index in [9.17, 15) is 4.79 Å². The molecule has 2 heterocycles. The molecule has 2 aliphatic carbocycles. The summed E-state index contributed by atoms with van der Waals surface area (Å²) in [5.41, 5.74) is 10.9. The number of aryl methyl sites for hydroxylation is 2. The summed E-state index contributed by atoms with van der Waals surface area (Å²) < 4.78 is 8.07. The second kappa shape index (κ2) is 12.9. The maximum atomic E-state index is 12.9. The number of imidazole rings is 1. The van der Waals surface area contributed by atoms with Crippen LogP contribution in [0.4, 0.5) is 4.79 Å². The van der Waals surface area contributed by atoms with Crippen molar-refractivity contribution in [3.8, 4) is 0 Å². The summed E-state index contributed by atoms with van der Waals surface area (Å²) >= 11 is 6.50. The fourth-order valence-electron chi connectivity index (χ4n) is 6.53. The van der Waals surface area contributed by atoms with Gasteiger partial charge in [-0.1, -0.05) is 36.2 Å². The van der Waals surface area contributed by atoms with Crippen molar-refractivity contribution in [1.29, 1.82) is 0 Å². The van der Waals surface area contributed by atoms with Crippen LogP contribution in [0.15, 0.2) is 60.1 Å². The summed E-state index contributed by atoms with van der Waals surface area (Å²) in [6, 6.07) is 6.33. The molecule has 1 atom stereocenters. The van der Waals surface area contributed by atoms with Gasteiger partial charge < -0.3 is 19.9 Å². The van der Waals surface area contributed by atoms with Gasteiger partial charge in [-0.25, -0.2) is 9.78 Å². The molecule has 0 radical (unpaired) electrons. The highest BCUT2D eigenvalue weighted by atomic mass is 35.5. The first-order valence-electron chi connectivity index (χ1n) is 14.5. The lowest BCUT2D eigenvalue weighted by atomic mass is 9.76. The first-order valence-corrected chi connectivity index (χ1v) is 14.9. The van der Waals surface area contributed by atoms with Crippen molar-refractivity contribution in [2.75, 3.05) is 13.1 Å². The Kier molecular flexibility index (Phi) is 9.13. The number of allylic oxidation sites excluding steroid dienone is 4. The van der Waals surface area contributed by atoms with Gasteiger partial charge in [-0.2, -0.15) is 0 Å². The number of amides is 1. The maximum absolute atomic E-state index is 12.9. The van der Waals surface area contributed by atoms with Gasteiger partial charge in [0.25, 0.3) is 0 Å². The fourth-order valence-corrected chi connectivity index (χ4v) is 6.71. The van der Waals surface area contributed by atoms with Crippen LogP contribution in [0.25, 0.3) is 6.08 Å². The third kappa shape index (κ3) is 6.78. The van der Waals surface area contributed by atoms with Crippen LogP contribution in [0.3, 0.4) is 0 Å². The number of piperidine rings is 1. The predicted octanol–water partition coefficient (Wildman–Crippen LogP) is 7.39. The van der Waals surface area contributed by atoms with Gasteiger partial charge in [-0.3, -0.25) is 0 Å². The largest absolute Gasteiger partial charge is 0.446 e. The number of likely N-dealkylation sites (tertiary alicyclic amines) is 1. The van der Waals surface area contributed by atoms with E-state index in [4.69, 9.17) is 22.1 Å². The first-order chi connectivity index (χ1) is 19.0. The van der Waals surface area contributed by atoms with Crippen LogP contribution in [0, 0.1) is 12.8 Å². The van der Waals surface area contributed by atoms with Crippen LogP contribution in [0.1, 0.15) is 80.7 Å². The van der Waals surface area contributed by atoms with Crippen molar-refractivity contribution < 1.29 is 9.53 Å². The van der Waals surface area contributed by atoms with E-state index in [0.717, 1.165) is 81.8 Å². The molecule has 0 spiro atoms. The topological polar surface area (TPSA) is 73.4 Å². The van der Waals surface area contributed by atoms with Crippen molar-refractivity contribution in [3.05, 3.63) is 82.1 Å². The van der Waals surface area contributed by atoms with Crippen molar-refractivity contribution in [2.24, 2.45) is 11.7 Å².